The number of carbonyl (C=O) groups is 2. The van der Waals surface area contributed by atoms with Crippen LogP contribution >= 0.6 is 54.5 Å². The number of rotatable bonds is 18. The fraction of sp³-hybridized carbons (Fsp3) is 0.500. The molecule has 0 bridgehead atoms. The van der Waals surface area contributed by atoms with Crippen LogP contribution in [-0.2, 0) is 42.4 Å². The molecule has 7 rings (SSSR count). The third-order valence-corrected chi connectivity index (χ3v) is 14.0. The Morgan fingerprint density at radius 2 is 1.09 bits per heavy atom. The summed E-state index contributed by atoms with van der Waals surface area (Å²) in [5.41, 5.74) is 1.36. The van der Waals surface area contributed by atoms with E-state index in [1.807, 2.05) is 112 Å². The third-order valence-electron chi connectivity index (χ3n) is 12.2. The lowest BCUT2D eigenvalue weighted by molar-refractivity contribution is 0.00578. The van der Waals surface area contributed by atoms with Crippen LogP contribution in [0.3, 0.4) is 0 Å². The summed E-state index contributed by atoms with van der Waals surface area (Å²) in [4.78, 5) is 26.7. The number of aryl methyl sites for hydroxylation is 2. The van der Waals surface area contributed by atoms with E-state index < -0.39 is 35.3 Å². The molecule has 426 valence electrons. The zero-order valence-electron chi connectivity index (χ0n) is 47.2. The van der Waals surface area contributed by atoms with Gasteiger partial charge in [-0.3, -0.25) is 9.36 Å². The summed E-state index contributed by atoms with van der Waals surface area (Å²) in [5, 5.41) is 10.9. The molecule has 0 saturated carbocycles. The van der Waals surface area contributed by atoms with Gasteiger partial charge in [-0.2, -0.15) is 10.2 Å². The summed E-state index contributed by atoms with van der Waals surface area (Å²) >= 11 is 9.14. The fourth-order valence-electron chi connectivity index (χ4n) is 7.32. The largest absolute Gasteiger partial charge is 0.497 e. The molecule has 0 unspecified atom stereocenters. The van der Waals surface area contributed by atoms with Crippen LogP contribution < -0.4 is 14.9 Å². The first kappa shape index (κ1) is 64.2. The highest BCUT2D eigenvalue weighted by atomic mass is 127. The number of likely N-dealkylation sites (N-methyl/N-ethyl adjacent to an activating group) is 2. The molecule has 2 amide bonds. The second kappa shape index (κ2) is 28.2. The number of benzene rings is 4. The minimum atomic E-state index is -0.749. The summed E-state index contributed by atoms with van der Waals surface area (Å²) < 4.78 is 81.0. The van der Waals surface area contributed by atoms with Crippen LogP contribution in [0.2, 0.25) is 0 Å². The molecule has 16 nitrogen and oxygen atoms in total. The molecule has 4 aromatic carbocycles. The van der Waals surface area contributed by atoms with E-state index in [4.69, 9.17) is 37.7 Å². The van der Waals surface area contributed by atoms with Gasteiger partial charge < -0.3 is 47.5 Å². The van der Waals surface area contributed by atoms with E-state index >= 15 is 0 Å². The summed E-state index contributed by atoms with van der Waals surface area (Å²) in [5.74, 6) is 0.0746. The molecular weight excluding hydrogens is 1250 g/mol. The first-order valence-electron chi connectivity index (χ1n) is 25.6. The van der Waals surface area contributed by atoms with Crippen molar-refractivity contribution in [3.63, 3.8) is 0 Å². The lowest BCUT2D eigenvalue weighted by atomic mass is 9.78. The van der Waals surface area contributed by atoms with Crippen LogP contribution in [0, 0.1) is 15.3 Å². The highest BCUT2D eigenvalue weighted by Gasteiger charge is 2.52. The molecule has 0 aliphatic carbocycles. The first-order valence-corrected chi connectivity index (χ1v) is 28.3. The van der Waals surface area contributed by atoms with E-state index in [0.29, 0.717) is 93.8 Å². The summed E-state index contributed by atoms with van der Waals surface area (Å²) in [6.45, 7) is 22.1. The van der Waals surface area contributed by atoms with E-state index in [2.05, 4.69) is 76.8 Å². The quantitative estimate of drug-likeness (QED) is 0.0458. The van der Waals surface area contributed by atoms with Crippen molar-refractivity contribution in [1.82, 2.24) is 29.4 Å². The van der Waals surface area contributed by atoms with E-state index in [-0.39, 0.29) is 18.0 Å². The fourth-order valence-corrected chi connectivity index (χ4v) is 8.80. The van der Waals surface area contributed by atoms with Gasteiger partial charge in [0.15, 0.2) is 0 Å². The maximum atomic E-state index is 14.9. The predicted octanol–water partition coefficient (Wildman–Crippen LogP) is 12.5. The average Bonchev–Trinajstić information content (AvgIpc) is 4.04. The number of hydrogen-bond donors (Lipinski definition) is 0. The van der Waals surface area contributed by atoms with Gasteiger partial charge in [0, 0.05) is 110 Å². The highest BCUT2D eigenvalue weighted by Crippen LogP contribution is 2.37. The Balaban J connectivity index is 0.000000237. The van der Waals surface area contributed by atoms with E-state index in [1.54, 1.807) is 43.0 Å². The zero-order valence-corrected chi connectivity index (χ0v) is 52.6. The average molecular weight is 1330 g/mol. The lowest BCUT2D eigenvalue weighted by Gasteiger charge is -2.32. The van der Waals surface area contributed by atoms with Crippen molar-refractivity contribution in [2.45, 2.75) is 104 Å². The van der Waals surface area contributed by atoms with Gasteiger partial charge >= 0.3 is 19.3 Å². The van der Waals surface area contributed by atoms with Gasteiger partial charge in [0.05, 0.1) is 48.7 Å². The number of halogens is 5. The molecule has 1 aliphatic rings. The summed E-state index contributed by atoms with van der Waals surface area (Å²) in [6.07, 6.45) is 0.516. The Labute approximate surface area is 488 Å². The standard InChI is InChI=1S/C25H31BrFN3O4.C23H37BFNO6.C8H6BrIN2/c1-25(2,3)34-24(31)29(4)11-14-32-12-6-13-33-18-8-10-19(21(27)16-18)23-20-9-7-17(26)15-22(20)30(5)28-23;1-21(2,3)30-20(27)26(8)12-15-28-13-9-14-29-17-10-11-18(19(25)16-17)24-31-22(4,5)23(6,7)32-24;1-12-7-4-5(9)2-3-6(7)8(10)11-12/h7-10,15-16H,6,11-14H2,1-5H3;10-11,16H,9,12-15H2,1-8H3;2-4H,1H3. The molecule has 2 aromatic heterocycles. The van der Waals surface area contributed by atoms with Crippen molar-refractivity contribution >= 4 is 101 Å². The summed E-state index contributed by atoms with van der Waals surface area (Å²) in [7, 11) is 6.39. The minimum absolute atomic E-state index is 0.355. The van der Waals surface area contributed by atoms with Crippen LogP contribution in [0.5, 0.6) is 11.5 Å². The van der Waals surface area contributed by atoms with Crippen molar-refractivity contribution in [2.75, 3.05) is 66.8 Å². The number of aromatic nitrogens is 4. The molecule has 6 aromatic rings. The minimum Gasteiger partial charge on any atom is -0.493 e. The van der Waals surface area contributed by atoms with Crippen molar-refractivity contribution in [3.05, 3.63) is 97.1 Å². The Morgan fingerprint density at radius 3 is 1.56 bits per heavy atom. The Bertz CT molecular complexity index is 2950. The van der Waals surface area contributed by atoms with E-state index in [9.17, 15) is 18.4 Å². The molecule has 0 spiro atoms. The molecule has 0 N–H and O–H groups in total. The first-order chi connectivity index (χ1) is 36.4. The van der Waals surface area contributed by atoms with Crippen LogP contribution in [-0.4, -0.2) is 138 Å². The summed E-state index contributed by atoms with van der Waals surface area (Å²) in [6, 6.07) is 21.5. The van der Waals surface area contributed by atoms with Gasteiger partial charge in [-0.1, -0.05) is 37.9 Å². The van der Waals surface area contributed by atoms with Crippen molar-refractivity contribution < 1.29 is 56.1 Å². The molecule has 1 aliphatic heterocycles. The third kappa shape index (κ3) is 19.0. The molecular formula is C56H74BBr2F2IN6O10. The maximum Gasteiger partial charge on any atom is 0.497 e. The maximum absolute atomic E-state index is 14.9. The Morgan fingerprint density at radius 1 is 0.641 bits per heavy atom. The van der Waals surface area contributed by atoms with Crippen molar-refractivity contribution in [3.8, 4) is 22.8 Å². The van der Waals surface area contributed by atoms with Gasteiger partial charge in [-0.25, -0.2) is 18.4 Å². The Kier molecular flexibility index (Phi) is 23.2. The van der Waals surface area contributed by atoms with Gasteiger partial charge in [-0.15, -0.1) is 0 Å². The highest BCUT2D eigenvalue weighted by molar-refractivity contribution is 14.1. The van der Waals surface area contributed by atoms with Gasteiger partial charge in [0.1, 0.15) is 43.7 Å². The van der Waals surface area contributed by atoms with Gasteiger partial charge in [-0.05, 0) is 146 Å². The molecule has 3 heterocycles. The number of carbonyl (C=O) groups excluding carboxylic acids is 2. The second-order valence-electron chi connectivity index (χ2n) is 21.6. The molecule has 22 heteroatoms. The number of hydrogen-bond acceptors (Lipinski definition) is 12. The van der Waals surface area contributed by atoms with E-state index in [0.717, 1.165) is 29.1 Å². The lowest BCUT2D eigenvalue weighted by Crippen LogP contribution is -2.41. The van der Waals surface area contributed by atoms with Crippen LogP contribution in [0.25, 0.3) is 33.1 Å². The molecule has 0 radical (unpaired) electrons. The van der Waals surface area contributed by atoms with Gasteiger partial charge in [0.2, 0.25) is 0 Å². The normalized spacial score (nSPS) is 13.9. The number of nitrogens with zero attached hydrogens (tertiary/aromatic N) is 6. The molecule has 1 saturated heterocycles. The number of amides is 2. The van der Waals surface area contributed by atoms with Crippen LogP contribution in [0.15, 0.2) is 81.7 Å². The molecule has 1 fully saturated rings. The van der Waals surface area contributed by atoms with Crippen LogP contribution in [0.4, 0.5) is 18.4 Å². The number of ether oxygens (including phenoxy) is 6. The predicted molar refractivity (Wildman–Crippen MR) is 317 cm³/mol. The molecule has 78 heavy (non-hydrogen) atoms. The smallest absolute Gasteiger partial charge is 0.493 e. The van der Waals surface area contributed by atoms with E-state index in [1.165, 1.54) is 27.3 Å². The van der Waals surface area contributed by atoms with Crippen LogP contribution in [0.1, 0.15) is 82.1 Å². The number of fused-ring (bicyclic) bond motifs is 2. The monoisotopic (exact) mass is 1320 g/mol. The van der Waals surface area contributed by atoms with Gasteiger partial charge in [0.25, 0.3) is 0 Å². The Hall–Kier alpha value is -4.59. The molecule has 0 atom stereocenters. The topological polar surface area (TPSA) is 150 Å². The second-order valence-corrected chi connectivity index (χ2v) is 24.4. The SMILES string of the molecule is CN(CCOCCCOc1ccc(-c2nn(C)c3cc(Br)ccc23)c(F)c1)C(=O)OC(C)(C)C.CN(CCOCCCOc1ccc(B2OC(C)(C)C(C)(C)O2)c(F)c1)C(=O)OC(C)(C)C.Cn1nc(I)c2ccc(Br)cc21. The van der Waals surface area contributed by atoms with Crippen molar-refractivity contribution in [2.24, 2.45) is 14.1 Å². The zero-order chi connectivity index (χ0) is 57.8. The van der Waals surface area contributed by atoms with Crippen molar-refractivity contribution in [1.29, 1.82) is 0 Å².